The van der Waals surface area contributed by atoms with E-state index >= 15 is 0 Å². The molecule has 4 heteroatoms. The molecule has 86 valence electrons. The molecule has 1 rings (SSSR count). The first-order chi connectivity index (χ1) is 6.83. The van der Waals surface area contributed by atoms with E-state index in [4.69, 9.17) is 4.74 Å². The van der Waals surface area contributed by atoms with Gasteiger partial charge < -0.3 is 14.8 Å². The molecule has 1 amide bonds. The summed E-state index contributed by atoms with van der Waals surface area (Å²) in [4.78, 5) is 22.3. The standard InChI is InChI=1S/C11H19NO3/c1-5-8-6-11(8,7-13)12-9(14)15-10(2,3)4/h7-8H,5-6H2,1-4H3,(H,12,14)/t8-,11-/m0/s1. The Balaban J connectivity index is 2.48. The predicted molar refractivity (Wildman–Crippen MR) is 56.6 cm³/mol. The van der Waals surface area contributed by atoms with Gasteiger partial charge in [0.15, 0.2) is 0 Å². The minimum absolute atomic E-state index is 0.266. The summed E-state index contributed by atoms with van der Waals surface area (Å²) < 4.78 is 5.10. The van der Waals surface area contributed by atoms with Gasteiger partial charge in [-0.15, -0.1) is 0 Å². The third-order valence-electron chi connectivity index (χ3n) is 2.59. The summed E-state index contributed by atoms with van der Waals surface area (Å²) in [5.41, 5.74) is -1.18. The molecule has 2 atom stereocenters. The van der Waals surface area contributed by atoms with Crippen LogP contribution in [-0.2, 0) is 9.53 Å². The Kier molecular flexibility index (Phi) is 3.07. The smallest absolute Gasteiger partial charge is 0.408 e. The number of rotatable bonds is 3. The van der Waals surface area contributed by atoms with Gasteiger partial charge >= 0.3 is 6.09 Å². The Labute approximate surface area is 90.4 Å². The highest BCUT2D eigenvalue weighted by atomic mass is 16.6. The predicted octanol–water partition coefficient (Wildman–Crippen LogP) is 1.88. The van der Waals surface area contributed by atoms with Crippen LogP contribution in [0.3, 0.4) is 0 Å². The van der Waals surface area contributed by atoms with Crippen molar-refractivity contribution in [3.63, 3.8) is 0 Å². The van der Waals surface area contributed by atoms with Gasteiger partial charge in [-0.05, 0) is 33.1 Å². The Bertz CT molecular complexity index is 269. The van der Waals surface area contributed by atoms with Gasteiger partial charge in [-0.2, -0.15) is 0 Å². The molecule has 1 N–H and O–H groups in total. The number of aldehydes is 1. The Hall–Kier alpha value is -1.06. The summed E-state index contributed by atoms with van der Waals surface area (Å²) in [5, 5.41) is 2.65. The highest BCUT2D eigenvalue weighted by Crippen LogP contribution is 2.44. The quantitative estimate of drug-likeness (QED) is 0.728. The average molecular weight is 213 g/mol. The summed E-state index contributed by atoms with van der Waals surface area (Å²) in [5.74, 6) is 0.266. The molecule has 0 saturated heterocycles. The zero-order valence-electron chi connectivity index (χ0n) is 9.79. The number of ether oxygens (including phenoxy) is 1. The van der Waals surface area contributed by atoms with Crippen LogP contribution in [0.2, 0.25) is 0 Å². The molecular formula is C11H19NO3. The molecule has 0 heterocycles. The van der Waals surface area contributed by atoms with Crippen LogP contribution in [0.15, 0.2) is 0 Å². The van der Waals surface area contributed by atoms with Crippen molar-refractivity contribution in [2.75, 3.05) is 0 Å². The molecule has 1 fully saturated rings. The average Bonchev–Trinajstić information content (AvgIpc) is 2.76. The van der Waals surface area contributed by atoms with Crippen molar-refractivity contribution in [2.24, 2.45) is 5.92 Å². The van der Waals surface area contributed by atoms with Gasteiger partial charge in [0.1, 0.15) is 17.4 Å². The number of hydrogen-bond acceptors (Lipinski definition) is 3. The SMILES string of the molecule is CC[C@H]1C[C@@]1(C=O)NC(=O)OC(C)(C)C. The molecule has 0 bridgehead atoms. The third kappa shape index (κ3) is 2.94. The number of alkyl carbamates (subject to hydrolysis) is 1. The van der Waals surface area contributed by atoms with E-state index in [0.717, 1.165) is 19.1 Å². The van der Waals surface area contributed by atoms with E-state index in [1.54, 1.807) is 20.8 Å². The molecule has 4 nitrogen and oxygen atoms in total. The molecular weight excluding hydrogens is 194 g/mol. The Morgan fingerprint density at radius 2 is 2.20 bits per heavy atom. The van der Waals surface area contributed by atoms with E-state index in [2.05, 4.69) is 5.32 Å². The molecule has 0 aromatic heterocycles. The second-order valence-electron chi connectivity index (χ2n) is 5.09. The number of hydrogen-bond donors (Lipinski definition) is 1. The number of amides is 1. The van der Waals surface area contributed by atoms with Crippen LogP contribution in [0, 0.1) is 5.92 Å². The number of carbonyl (C=O) groups is 2. The molecule has 1 aliphatic carbocycles. The maximum Gasteiger partial charge on any atom is 0.408 e. The van der Waals surface area contributed by atoms with E-state index in [9.17, 15) is 9.59 Å². The molecule has 0 spiro atoms. The summed E-state index contributed by atoms with van der Waals surface area (Å²) >= 11 is 0. The Morgan fingerprint density at radius 1 is 1.60 bits per heavy atom. The first-order valence-electron chi connectivity index (χ1n) is 5.30. The first kappa shape index (κ1) is 12.0. The molecule has 0 aliphatic heterocycles. The summed E-state index contributed by atoms with van der Waals surface area (Å²) in [6.07, 6.45) is 1.94. The van der Waals surface area contributed by atoms with E-state index in [1.165, 1.54) is 0 Å². The molecule has 15 heavy (non-hydrogen) atoms. The van der Waals surface area contributed by atoms with Crippen molar-refractivity contribution in [1.82, 2.24) is 5.32 Å². The summed E-state index contributed by atoms with van der Waals surface area (Å²) in [6, 6.07) is 0. The van der Waals surface area contributed by atoms with Crippen molar-refractivity contribution >= 4 is 12.4 Å². The van der Waals surface area contributed by atoms with Gasteiger partial charge in [0.05, 0.1) is 0 Å². The van der Waals surface area contributed by atoms with Crippen molar-refractivity contribution < 1.29 is 14.3 Å². The molecule has 1 saturated carbocycles. The lowest BCUT2D eigenvalue weighted by Crippen LogP contribution is -2.43. The lowest BCUT2D eigenvalue weighted by molar-refractivity contribution is -0.110. The highest BCUT2D eigenvalue weighted by Gasteiger charge is 2.54. The number of carbonyl (C=O) groups excluding carboxylic acids is 2. The first-order valence-corrected chi connectivity index (χ1v) is 5.30. The number of nitrogens with one attached hydrogen (secondary N) is 1. The zero-order valence-corrected chi connectivity index (χ0v) is 9.79. The maximum atomic E-state index is 11.4. The minimum atomic E-state index is -0.656. The highest BCUT2D eigenvalue weighted by molar-refractivity contribution is 5.80. The van der Waals surface area contributed by atoms with Crippen LogP contribution < -0.4 is 5.32 Å². The lowest BCUT2D eigenvalue weighted by Gasteiger charge is -2.21. The van der Waals surface area contributed by atoms with Crippen LogP contribution in [0.5, 0.6) is 0 Å². The van der Waals surface area contributed by atoms with Gasteiger partial charge in [-0.25, -0.2) is 4.79 Å². The maximum absolute atomic E-state index is 11.4. The van der Waals surface area contributed by atoms with Gasteiger partial charge in [-0.3, -0.25) is 0 Å². The monoisotopic (exact) mass is 213 g/mol. The molecule has 1 aliphatic rings. The van der Waals surface area contributed by atoms with Gasteiger partial charge in [0.2, 0.25) is 0 Å². The second kappa shape index (κ2) is 3.83. The van der Waals surface area contributed by atoms with Crippen LogP contribution in [0.1, 0.15) is 40.5 Å². The second-order valence-corrected chi connectivity index (χ2v) is 5.09. The fourth-order valence-electron chi connectivity index (χ4n) is 1.68. The summed E-state index contributed by atoms with van der Waals surface area (Å²) in [7, 11) is 0. The Morgan fingerprint density at radius 3 is 2.53 bits per heavy atom. The van der Waals surface area contributed by atoms with Gasteiger partial charge in [0, 0.05) is 0 Å². The van der Waals surface area contributed by atoms with Crippen LogP contribution >= 0.6 is 0 Å². The van der Waals surface area contributed by atoms with Crippen molar-refractivity contribution in [3.8, 4) is 0 Å². The van der Waals surface area contributed by atoms with Crippen LogP contribution in [0.25, 0.3) is 0 Å². The molecule has 0 aromatic carbocycles. The molecule has 0 radical (unpaired) electrons. The molecule has 0 unspecified atom stereocenters. The van der Waals surface area contributed by atoms with Crippen molar-refractivity contribution in [2.45, 2.75) is 51.7 Å². The van der Waals surface area contributed by atoms with E-state index in [1.807, 2.05) is 6.92 Å². The summed E-state index contributed by atoms with van der Waals surface area (Å²) in [6.45, 7) is 7.39. The van der Waals surface area contributed by atoms with Gasteiger partial charge in [-0.1, -0.05) is 13.3 Å². The fraction of sp³-hybridized carbons (Fsp3) is 0.818. The lowest BCUT2D eigenvalue weighted by atomic mass is 10.2. The van der Waals surface area contributed by atoms with E-state index in [-0.39, 0.29) is 5.92 Å². The minimum Gasteiger partial charge on any atom is -0.444 e. The van der Waals surface area contributed by atoms with Crippen LogP contribution in [0.4, 0.5) is 4.79 Å². The third-order valence-corrected chi connectivity index (χ3v) is 2.59. The van der Waals surface area contributed by atoms with E-state index in [0.29, 0.717) is 0 Å². The van der Waals surface area contributed by atoms with E-state index < -0.39 is 17.2 Å². The van der Waals surface area contributed by atoms with Crippen LogP contribution in [-0.4, -0.2) is 23.5 Å². The van der Waals surface area contributed by atoms with Crippen molar-refractivity contribution in [3.05, 3.63) is 0 Å². The normalized spacial score (nSPS) is 29.5. The fourth-order valence-corrected chi connectivity index (χ4v) is 1.68. The van der Waals surface area contributed by atoms with Crippen molar-refractivity contribution in [1.29, 1.82) is 0 Å². The largest absolute Gasteiger partial charge is 0.444 e. The zero-order chi connectivity index (χ0) is 11.7. The molecule has 0 aromatic rings. The van der Waals surface area contributed by atoms with Gasteiger partial charge in [0.25, 0.3) is 0 Å². The topological polar surface area (TPSA) is 55.4 Å².